The molecule has 1 aliphatic carbocycles. The molecule has 0 saturated carbocycles. The number of benzene rings is 1. The van der Waals surface area contributed by atoms with Crippen molar-refractivity contribution >= 4 is 38.4 Å². The van der Waals surface area contributed by atoms with Crippen LogP contribution in [0.1, 0.15) is 0 Å². The third kappa shape index (κ3) is 4.75. The van der Waals surface area contributed by atoms with Crippen molar-refractivity contribution in [1.82, 2.24) is 20.1 Å². The number of nitrogens with zero attached hydrogens (tertiary/aromatic N) is 3. The molecule has 2 heterocycles. The first-order chi connectivity index (χ1) is 15.9. The SMILES string of the molecule is CN/C=C1/C=C(n2nc3ccc(OCC(F)F)nc3c(-c3ccc(Br)cc3)c2=O)C=CC1=N. The van der Waals surface area contributed by atoms with Gasteiger partial charge in [-0.05, 0) is 42.0 Å². The van der Waals surface area contributed by atoms with Crippen molar-refractivity contribution in [3.05, 3.63) is 81.2 Å². The highest BCUT2D eigenvalue weighted by molar-refractivity contribution is 9.10. The Kier molecular flexibility index (Phi) is 6.45. The zero-order chi connectivity index (χ0) is 23.5. The molecule has 0 unspecified atom stereocenters. The lowest BCUT2D eigenvalue weighted by atomic mass is 10.0. The predicted octanol–water partition coefficient (Wildman–Crippen LogP) is 4.40. The maximum atomic E-state index is 13.6. The highest BCUT2D eigenvalue weighted by atomic mass is 79.9. The van der Waals surface area contributed by atoms with Gasteiger partial charge in [0.05, 0.1) is 17.0 Å². The summed E-state index contributed by atoms with van der Waals surface area (Å²) in [6, 6.07) is 10.1. The Morgan fingerprint density at radius 1 is 1.21 bits per heavy atom. The molecule has 0 bridgehead atoms. The summed E-state index contributed by atoms with van der Waals surface area (Å²) in [5, 5.41) is 15.4. The molecule has 10 heteroatoms. The Morgan fingerprint density at radius 2 is 1.97 bits per heavy atom. The van der Waals surface area contributed by atoms with Gasteiger partial charge >= 0.3 is 0 Å². The number of alkyl halides is 2. The fraction of sp³-hybridized carbons (Fsp3) is 0.130. The highest BCUT2D eigenvalue weighted by Gasteiger charge is 2.19. The molecular formula is C23H18BrF2N5O2. The van der Waals surface area contributed by atoms with Gasteiger partial charge in [-0.1, -0.05) is 28.1 Å². The lowest BCUT2D eigenvalue weighted by Gasteiger charge is -2.15. The number of hydrogen-bond acceptors (Lipinski definition) is 6. The van der Waals surface area contributed by atoms with Gasteiger partial charge in [0.25, 0.3) is 12.0 Å². The van der Waals surface area contributed by atoms with E-state index in [9.17, 15) is 13.6 Å². The van der Waals surface area contributed by atoms with Crippen molar-refractivity contribution in [2.24, 2.45) is 0 Å². The van der Waals surface area contributed by atoms with E-state index in [-0.39, 0.29) is 22.7 Å². The van der Waals surface area contributed by atoms with E-state index in [1.54, 1.807) is 61.8 Å². The smallest absolute Gasteiger partial charge is 0.281 e. The fourth-order valence-electron chi connectivity index (χ4n) is 3.30. The standard InChI is InChI=1S/C23H18BrF2N5O2/c1-28-11-14-10-16(6-7-17(14)27)31-23(32)21(13-2-4-15(24)5-3-13)22-18(30-31)8-9-20(29-22)33-12-19(25)26/h2-11,19,27-28H,12H2,1H3/b14-11-,27-17?. The number of halogens is 3. The van der Waals surface area contributed by atoms with Crippen molar-refractivity contribution < 1.29 is 13.5 Å². The summed E-state index contributed by atoms with van der Waals surface area (Å²) in [6.07, 6.45) is 3.90. The van der Waals surface area contributed by atoms with Gasteiger partial charge in [0, 0.05) is 29.4 Å². The van der Waals surface area contributed by atoms with E-state index in [0.717, 1.165) is 4.47 Å². The summed E-state index contributed by atoms with van der Waals surface area (Å²) in [4.78, 5) is 17.9. The molecule has 33 heavy (non-hydrogen) atoms. The van der Waals surface area contributed by atoms with Crippen LogP contribution >= 0.6 is 15.9 Å². The summed E-state index contributed by atoms with van der Waals surface area (Å²) < 4.78 is 32.3. The molecular weight excluding hydrogens is 496 g/mol. The van der Waals surface area contributed by atoms with Crippen molar-refractivity contribution in [2.75, 3.05) is 13.7 Å². The monoisotopic (exact) mass is 513 g/mol. The Labute approximate surface area is 195 Å². The van der Waals surface area contributed by atoms with E-state index < -0.39 is 18.6 Å². The van der Waals surface area contributed by atoms with Crippen LogP contribution in [0.4, 0.5) is 8.78 Å². The normalized spacial score (nSPS) is 14.8. The van der Waals surface area contributed by atoms with E-state index in [0.29, 0.717) is 22.4 Å². The van der Waals surface area contributed by atoms with Crippen molar-refractivity contribution in [3.8, 4) is 17.0 Å². The molecule has 0 spiro atoms. The average Bonchev–Trinajstić information content (AvgIpc) is 2.80. The van der Waals surface area contributed by atoms with Gasteiger partial charge in [-0.2, -0.15) is 9.78 Å². The van der Waals surface area contributed by atoms with E-state index in [1.807, 2.05) is 0 Å². The second-order valence-electron chi connectivity index (χ2n) is 7.02. The van der Waals surface area contributed by atoms with Gasteiger partial charge in [0.15, 0.2) is 6.61 Å². The predicted molar refractivity (Wildman–Crippen MR) is 127 cm³/mol. The lowest BCUT2D eigenvalue weighted by molar-refractivity contribution is 0.0798. The van der Waals surface area contributed by atoms with Crippen LogP contribution in [0.25, 0.3) is 27.9 Å². The van der Waals surface area contributed by atoms with Crippen LogP contribution in [0.2, 0.25) is 0 Å². The van der Waals surface area contributed by atoms with E-state index in [2.05, 4.69) is 31.3 Å². The Hall–Kier alpha value is -3.66. The number of hydrogen-bond donors (Lipinski definition) is 2. The van der Waals surface area contributed by atoms with Crippen molar-refractivity contribution in [2.45, 2.75) is 6.43 Å². The molecule has 0 aliphatic heterocycles. The Morgan fingerprint density at radius 3 is 2.67 bits per heavy atom. The highest BCUT2D eigenvalue weighted by Crippen LogP contribution is 2.27. The van der Waals surface area contributed by atoms with E-state index in [1.165, 1.54) is 10.7 Å². The Balaban J connectivity index is 1.95. The zero-order valence-corrected chi connectivity index (χ0v) is 18.9. The summed E-state index contributed by atoms with van der Waals surface area (Å²) in [7, 11) is 1.72. The topological polar surface area (TPSA) is 92.9 Å². The third-order valence-corrected chi connectivity index (χ3v) is 5.30. The van der Waals surface area contributed by atoms with E-state index >= 15 is 0 Å². The van der Waals surface area contributed by atoms with Gasteiger partial charge < -0.3 is 15.5 Å². The van der Waals surface area contributed by atoms with Gasteiger partial charge in [-0.25, -0.2) is 13.8 Å². The molecule has 2 N–H and O–H groups in total. The average molecular weight is 514 g/mol. The summed E-state index contributed by atoms with van der Waals surface area (Å²) >= 11 is 3.38. The molecule has 0 atom stereocenters. The second-order valence-corrected chi connectivity index (χ2v) is 7.94. The first-order valence-corrected chi connectivity index (χ1v) is 10.6. The molecule has 0 amide bonds. The molecule has 0 radical (unpaired) electrons. The molecule has 7 nitrogen and oxygen atoms in total. The summed E-state index contributed by atoms with van der Waals surface area (Å²) in [5.41, 5.74) is 2.36. The number of nitrogens with one attached hydrogen (secondary N) is 2. The van der Waals surface area contributed by atoms with Crippen LogP contribution in [-0.4, -0.2) is 40.6 Å². The molecule has 1 aromatic carbocycles. The van der Waals surface area contributed by atoms with Gasteiger partial charge in [-0.15, -0.1) is 0 Å². The molecule has 4 rings (SSSR count). The summed E-state index contributed by atoms with van der Waals surface area (Å²) in [5.74, 6) is -0.0235. The zero-order valence-electron chi connectivity index (χ0n) is 17.3. The molecule has 3 aromatic rings. The minimum atomic E-state index is -2.65. The lowest BCUT2D eigenvalue weighted by Crippen LogP contribution is -2.25. The van der Waals surface area contributed by atoms with Crippen LogP contribution in [0.5, 0.6) is 5.88 Å². The number of pyridine rings is 1. The van der Waals surface area contributed by atoms with Crippen LogP contribution in [0, 0.1) is 5.41 Å². The second kappa shape index (κ2) is 9.45. The number of rotatable bonds is 6. The maximum Gasteiger partial charge on any atom is 0.281 e. The molecule has 0 saturated heterocycles. The van der Waals surface area contributed by atoms with Gasteiger partial charge in [0.1, 0.15) is 11.0 Å². The minimum absolute atomic E-state index is 0.0235. The van der Waals surface area contributed by atoms with Crippen molar-refractivity contribution in [1.29, 1.82) is 5.41 Å². The number of aromatic nitrogens is 3. The molecule has 0 fully saturated rings. The van der Waals surface area contributed by atoms with Gasteiger partial charge in [0.2, 0.25) is 5.88 Å². The largest absolute Gasteiger partial charge is 0.472 e. The third-order valence-electron chi connectivity index (χ3n) is 4.77. The molecule has 168 valence electrons. The number of allylic oxidation sites excluding steroid dienone is 5. The number of ether oxygens (including phenoxy) is 1. The maximum absolute atomic E-state index is 13.6. The quantitative estimate of drug-likeness (QED) is 0.509. The van der Waals surface area contributed by atoms with Crippen LogP contribution in [0.3, 0.4) is 0 Å². The van der Waals surface area contributed by atoms with Gasteiger partial charge in [-0.3, -0.25) is 4.79 Å². The van der Waals surface area contributed by atoms with Crippen molar-refractivity contribution in [3.63, 3.8) is 0 Å². The van der Waals surface area contributed by atoms with Crippen LogP contribution in [-0.2, 0) is 0 Å². The first-order valence-electron chi connectivity index (χ1n) is 9.85. The fourth-order valence-corrected chi connectivity index (χ4v) is 3.56. The summed E-state index contributed by atoms with van der Waals surface area (Å²) in [6.45, 7) is -0.805. The minimum Gasteiger partial charge on any atom is -0.472 e. The molecule has 2 aromatic heterocycles. The van der Waals surface area contributed by atoms with Crippen LogP contribution in [0.15, 0.2) is 75.7 Å². The number of fused-ring (bicyclic) bond motifs is 1. The van der Waals surface area contributed by atoms with Crippen LogP contribution < -0.4 is 15.6 Å². The first kappa shape index (κ1) is 22.5. The van der Waals surface area contributed by atoms with E-state index in [4.69, 9.17) is 10.1 Å². The molecule has 1 aliphatic rings. The Bertz CT molecular complexity index is 1380.